The van der Waals surface area contributed by atoms with Crippen LogP contribution < -0.4 is 0 Å². The van der Waals surface area contributed by atoms with Crippen LogP contribution >= 0.6 is 0 Å². The molecule has 0 aliphatic rings. The highest BCUT2D eigenvalue weighted by Crippen LogP contribution is 2.27. The molecule has 0 saturated carbocycles. The highest BCUT2D eigenvalue weighted by molar-refractivity contribution is 5.90. The number of nitrogens with zero attached hydrogens (tertiary/aromatic N) is 2. The number of fused-ring (bicyclic) bond motifs is 1. The van der Waals surface area contributed by atoms with E-state index in [9.17, 15) is 22.0 Å². The Morgan fingerprint density at radius 3 is 2.12 bits per heavy atom. The fourth-order valence-electron chi connectivity index (χ4n) is 2.13. The zero-order chi connectivity index (χ0) is 17.4. The van der Waals surface area contributed by atoms with Gasteiger partial charge in [0.25, 0.3) is 0 Å². The number of hydrogen-bond acceptors (Lipinski definition) is 2. The highest BCUT2D eigenvalue weighted by Gasteiger charge is 2.25. The molecule has 3 nitrogen and oxygen atoms in total. The Bertz CT molecular complexity index is 968. The van der Waals surface area contributed by atoms with E-state index in [4.69, 9.17) is 5.26 Å². The minimum Gasteiger partial charge on any atom is -0.337 e. The van der Waals surface area contributed by atoms with Crippen LogP contribution in [0.5, 0.6) is 0 Å². The SMILES string of the molecule is N#C/C(=C/c1c(F)c(F)c(F)c(F)c1F)c1nc2ccccc2[nH]1. The van der Waals surface area contributed by atoms with E-state index in [0.717, 1.165) is 0 Å². The molecule has 0 saturated heterocycles. The zero-order valence-electron chi connectivity index (χ0n) is 11.7. The van der Waals surface area contributed by atoms with E-state index in [1.165, 1.54) is 0 Å². The lowest BCUT2D eigenvalue weighted by atomic mass is 10.1. The number of para-hydroxylation sites is 2. The summed E-state index contributed by atoms with van der Waals surface area (Å²) in [5, 5.41) is 9.16. The molecule has 0 aliphatic heterocycles. The smallest absolute Gasteiger partial charge is 0.200 e. The van der Waals surface area contributed by atoms with Gasteiger partial charge in [0.2, 0.25) is 5.82 Å². The minimum atomic E-state index is -2.26. The van der Waals surface area contributed by atoms with Gasteiger partial charge in [0, 0.05) is 0 Å². The molecule has 120 valence electrons. The molecule has 24 heavy (non-hydrogen) atoms. The maximum absolute atomic E-state index is 13.7. The Morgan fingerprint density at radius 1 is 0.958 bits per heavy atom. The quantitative estimate of drug-likeness (QED) is 0.328. The van der Waals surface area contributed by atoms with Crippen LogP contribution in [0.4, 0.5) is 22.0 Å². The van der Waals surface area contributed by atoms with Crippen molar-refractivity contribution in [1.82, 2.24) is 9.97 Å². The van der Waals surface area contributed by atoms with Crippen molar-refractivity contribution >= 4 is 22.7 Å². The summed E-state index contributed by atoms with van der Waals surface area (Å²) in [6.45, 7) is 0. The summed E-state index contributed by atoms with van der Waals surface area (Å²) in [6, 6.07) is 8.30. The van der Waals surface area contributed by atoms with Crippen molar-refractivity contribution in [2.24, 2.45) is 0 Å². The van der Waals surface area contributed by atoms with Gasteiger partial charge in [0.1, 0.15) is 11.9 Å². The van der Waals surface area contributed by atoms with Crippen molar-refractivity contribution in [3.05, 3.63) is 64.7 Å². The molecule has 0 fully saturated rings. The molecule has 0 amide bonds. The van der Waals surface area contributed by atoms with Gasteiger partial charge < -0.3 is 4.98 Å². The first-order valence-electron chi connectivity index (χ1n) is 6.52. The predicted octanol–water partition coefficient (Wildman–Crippen LogP) is 4.32. The molecule has 8 heteroatoms. The van der Waals surface area contributed by atoms with E-state index in [1.807, 2.05) is 0 Å². The van der Waals surface area contributed by atoms with Crippen LogP contribution in [0.25, 0.3) is 22.7 Å². The van der Waals surface area contributed by atoms with E-state index in [1.54, 1.807) is 30.3 Å². The molecular weight excluding hydrogens is 329 g/mol. The average Bonchev–Trinajstić information content (AvgIpc) is 3.02. The third kappa shape index (κ3) is 2.40. The summed E-state index contributed by atoms with van der Waals surface area (Å²) in [4.78, 5) is 6.79. The Morgan fingerprint density at radius 2 is 1.54 bits per heavy atom. The highest BCUT2D eigenvalue weighted by atomic mass is 19.2. The topological polar surface area (TPSA) is 52.5 Å². The number of rotatable bonds is 2. The Hall–Kier alpha value is -3.21. The number of hydrogen-bond donors (Lipinski definition) is 1. The first kappa shape index (κ1) is 15.7. The molecule has 3 rings (SSSR count). The van der Waals surface area contributed by atoms with E-state index in [-0.39, 0.29) is 11.4 Å². The van der Waals surface area contributed by atoms with Crippen molar-refractivity contribution in [1.29, 1.82) is 5.26 Å². The van der Waals surface area contributed by atoms with E-state index < -0.39 is 34.6 Å². The number of nitriles is 1. The maximum Gasteiger partial charge on any atom is 0.200 e. The van der Waals surface area contributed by atoms with Crippen molar-refractivity contribution < 1.29 is 22.0 Å². The van der Waals surface area contributed by atoms with E-state index in [2.05, 4.69) is 9.97 Å². The van der Waals surface area contributed by atoms with Gasteiger partial charge in [-0.25, -0.2) is 26.9 Å². The lowest BCUT2D eigenvalue weighted by molar-refractivity contribution is 0.377. The zero-order valence-corrected chi connectivity index (χ0v) is 11.7. The van der Waals surface area contributed by atoms with Crippen LogP contribution in [0.2, 0.25) is 0 Å². The van der Waals surface area contributed by atoms with Crippen LogP contribution in [-0.2, 0) is 0 Å². The van der Waals surface area contributed by atoms with E-state index >= 15 is 0 Å². The second-order valence-electron chi connectivity index (χ2n) is 4.76. The Labute approximate surface area is 131 Å². The molecule has 0 spiro atoms. The average molecular weight is 335 g/mol. The number of nitrogens with one attached hydrogen (secondary N) is 1. The first-order chi connectivity index (χ1) is 11.4. The van der Waals surface area contributed by atoms with Crippen LogP contribution in [0.1, 0.15) is 11.4 Å². The normalized spacial score (nSPS) is 11.8. The third-order valence-corrected chi connectivity index (χ3v) is 3.30. The van der Waals surface area contributed by atoms with Gasteiger partial charge in [-0.1, -0.05) is 12.1 Å². The summed E-state index contributed by atoms with van der Waals surface area (Å²) < 4.78 is 66.9. The van der Waals surface area contributed by atoms with Crippen LogP contribution in [-0.4, -0.2) is 9.97 Å². The molecule has 1 aromatic heterocycles. The van der Waals surface area contributed by atoms with Gasteiger partial charge in [0.05, 0.1) is 22.2 Å². The van der Waals surface area contributed by atoms with Crippen molar-refractivity contribution in [3.8, 4) is 6.07 Å². The summed E-state index contributed by atoms with van der Waals surface area (Å²) in [5.74, 6) is -10.5. The molecule has 0 aliphatic carbocycles. The summed E-state index contributed by atoms with van der Waals surface area (Å²) in [5.41, 5.74) is -0.560. The second-order valence-corrected chi connectivity index (χ2v) is 4.76. The van der Waals surface area contributed by atoms with Crippen LogP contribution in [0, 0.1) is 40.4 Å². The lowest BCUT2D eigenvalue weighted by Gasteiger charge is -2.04. The van der Waals surface area contributed by atoms with Gasteiger partial charge >= 0.3 is 0 Å². The van der Waals surface area contributed by atoms with E-state index in [0.29, 0.717) is 17.1 Å². The second kappa shape index (κ2) is 5.77. The summed E-state index contributed by atoms with van der Waals surface area (Å²) >= 11 is 0. The van der Waals surface area contributed by atoms with Gasteiger partial charge in [-0.2, -0.15) is 5.26 Å². The minimum absolute atomic E-state index is 0.0531. The van der Waals surface area contributed by atoms with Gasteiger partial charge in [-0.05, 0) is 18.2 Å². The first-order valence-corrected chi connectivity index (χ1v) is 6.52. The van der Waals surface area contributed by atoms with Gasteiger partial charge in [-0.3, -0.25) is 0 Å². The molecule has 0 radical (unpaired) electrons. The summed E-state index contributed by atoms with van der Waals surface area (Å²) in [7, 11) is 0. The van der Waals surface area contributed by atoms with Gasteiger partial charge in [0.15, 0.2) is 23.3 Å². The van der Waals surface area contributed by atoms with Crippen molar-refractivity contribution in [2.75, 3.05) is 0 Å². The standard InChI is InChI=1S/C16H6F5N3/c17-11-8(12(18)14(20)15(21)13(11)19)5-7(6-22)16-23-9-3-1-2-4-10(9)24-16/h1-5H,(H,23,24)/b7-5-. The number of benzene rings is 2. The fraction of sp³-hybridized carbons (Fsp3) is 0. The molecule has 0 atom stereocenters. The maximum atomic E-state index is 13.7. The monoisotopic (exact) mass is 335 g/mol. The predicted molar refractivity (Wildman–Crippen MR) is 75.8 cm³/mol. The van der Waals surface area contributed by atoms with Crippen molar-refractivity contribution in [2.45, 2.75) is 0 Å². The molecule has 3 aromatic rings. The number of halogens is 5. The number of aromatic nitrogens is 2. The van der Waals surface area contributed by atoms with Gasteiger partial charge in [-0.15, -0.1) is 0 Å². The lowest BCUT2D eigenvalue weighted by Crippen LogP contribution is -2.04. The molecule has 2 aromatic carbocycles. The number of H-pyrrole nitrogens is 1. The summed E-state index contributed by atoms with van der Waals surface area (Å²) in [6.07, 6.45) is 0.563. The number of imidazole rings is 1. The largest absolute Gasteiger partial charge is 0.337 e. The number of allylic oxidation sites excluding steroid dienone is 1. The van der Waals surface area contributed by atoms with Crippen LogP contribution in [0.15, 0.2) is 24.3 Å². The molecule has 0 unspecified atom stereocenters. The molecule has 0 bridgehead atoms. The fourth-order valence-corrected chi connectivity index (χ4v) is 2.13. The number of aromatic amines is 1. The molecule has 1 N–H and O–H groups in total. The van der Waals surface area contributed by atoms with Crippen molar-refractivity contribution in [3.63, 3.8) is 0 Å². The Balaban J connectivity index is 2.21. The van der Waals surface area contributed by atoms with Crippen LogP contribution in [0.3, 0.4) is 0 Å². The third-order valence-electron chi connectivity index (χ3n) is 3.30. The Kier molecular flexibility index (Phi) is 3.77. The molecular formula is C16H6F5N3. The molecule has 1 heterocycles.